The molecule has 0 saturated carbocycles. The Kier molecular flexibility index (Phi) is 9.15. The molecule has 1 saturated heterocycles. The van der Waals surface area contributed by atoms with Crippen molar-refractivity contribution in [2.24, 2.45) is 5.73 Å². The number of benzene rings is 2. The molecule has 2 N–H and O–H groups in total. The number of likely N-dealkylation sites (tertiary alicyclic amines) is 1. The number of hydrogen-bond donors (Lipinski definition) is 1. The van der Waals surface area contributed by atoms with Gasteiger partial charge < -0.3 is 24.5 Å². The van der Waals surface area contributed by atoms with E-state index in [2.05, 4.69) is 15.2 Å². The zero-order valence-corrected chi connectivity index (χ0v) is 26.6. The molecular weight excluding hydrogens is 633 g/mol. The van der Waals surface area contributed by atoms with Crippen LogP contribution in [0.2, 0.25) is 0 Å². The van der Waals surface area contributed by atoms with Gasteiger partial charge in [-0.3, -0.25) is 9.59 Å². The number of alkyl halides is 3. The lowest BCUT2D eigenvalue weighted by Gasteiger charge is -2.28. The van der Waals surface area contributed by atoms with Gasteiger partial charge in [-0.15, -0.1) is 10.2 Å². The molecule has 4 aromatic rings. The Morgan fingerprint density at radius 1 is 1.04 bits per heavy atom. The van der Waals surface area contributed by atoms with Gasteiger partial charge >= 0.3 is 12.3 Å². The maximum Gasteiger partial charge on any atom is 0.419 e. The van der Waals surface area contributed by atoms with Gasteiger partial charge in [-0.25, -0.2) is 14.7 Å². The third-order valence-corrected chi connectivity index (χ3v) is 7.61. The van der Waals surface area contributed by atoms with E-state index in [4.69, 9.17) is 19.6 Å². The van der Waals surface area contributed by atoms with Crippen LogP contribution in [0.4, 0.5) is 29.3 Å². The quantitative estimate of drug-likeness (QED) is 0.234. The molecule has 3 heterocycles. The Balaban J connectivity index is 1.53. The van der Waals surface area contributed by atoms with Crippen molar-refractivity contribution in [2.75, 3.05) is 18.6 Å². The molecule has 2 aromatic heterocycles. The van der Waals surface area contributed by atoms with E-state index in [1.165, 1.54) is 18.3 Å². The van der Waals surface area contributed by atoms with Gasteiger partial charge in [-0.1, -0.05) is 12.1 Å². The molecule has 48 heavy (non-hydrogen) atoms. The third-order valence-electron chi connectivity index (χ3n) is 7.61. The van der Waals surface area contributed by atoms with Crippen LogP contribution in [0.5, 0.6) is 5.75 Å². The highest BCUT2D eigenvalue weighted by Gasteiger charge is 2.53. The molecule has 0 aliphatic carbocycles. The largest absolute Gasteiger partial charge is 0.497 e. The molecule has 12 nitrogen and oxygen atoms in total. The maximum atomic E-state index is 13.9. The van der Waals surface area contributed by atoms with Gasteiger partial charge in [0.25, 0.3) is 5.89 Å². The van der Waals surface area contributed by atoms with Crippen molar-refractivity contribution < 1.29 is 41.4 Å². The summed E-state index contributed by atoms with van der Waals surface area (Å²) in [6.45, 7) is 5.43. The van der Waals surface area contributed by atoms with Crippen LogP contribution in [0, 0.1) is 0 Å². The van der Waals surface area contributed by atoms with E-state index in [0.717, 1.165) is 34.7 Å². The van der Waals surface area contributed by atoms with Crippen LogP contribution in [0.1, 0.15) is 50.6 Å². The summed E-state index contributed by atoms with van der Waals surface area (Å²) in [5, 5.41) is 8.26. The first-order valence-electron chi connectivity index (χ1n) is 14.8. The lowest BCUT2D eigenvalue weighted by atomic mass is 9.82. The second-order valence-corrected chi connectivity index (χ2v) is 12.2. The predicted molar refractivity (Wildman–Crippen MR) is 166 cm³/mol. The fourth-order valence-corrected chi connectivity index (χ4v) is 5.38. The Morgan fingerprint density at radius 2 is 1.73 bits per heavy atom. The summed E-state index contributed by atoms with van der Waals surface area (Å²) in [5.41, 5.74) is 3.04. The number of aromatic nitrogens is 3. The minimum absolute atomic E-state index is 0.0308. The molecule has 0 bridgehead atoms. The number of nitrogens with two attached hydrogens (primary N) is 1. The number of carbonyl (C=O) groups is 3. The van der Waals surface area contributed by atoms with E-state index in [1.54, 1.807) is 44.9 Å². The Hall–Kier alpha value is -5.47. The van der Waals surface area contributed by atoms with Crippen molar-refractivity contribution >= 4 is 29.3 Å². The number of ether oxygens (including phenoxy) is 2. The van der Waals surface area contributed by atoms with E-state index in [-0.39, 0.29) is 48.4 Å². The van der Waals surface area contributed by atoms with Crippen molar-refractivity contribution in [1.82, 2.24) is 20.1 Å². The minimum atomic E-state index is -4.60. The van der Waals surface area contributed by atoms with Crippen molar-refractivity contribution in [2.45, 2.75) is 57.3 Å². The number of primary amides is 1. The summed E-state index contributed by atoms with van der Waals surface area (Å²) in [7, 11) is 1.55. The highest BCUT2D eigenvalue weighted by molar-refractivity contribution is 5.99. The van der Waals surface area contributed by atoms with Crippen LogP contribution in [0.3, 0.4) is 0 Å². The number of nitrogens with zero attached hydrogens (tertiary/aromatic N) is 5. The maximum absolute atomic E-state index is 13.9. The molecule has 0 spiro atoms. The van der Waals surface area contributed by atoms with Gasteiger partial charge in [0.15, 0.2) is 5.69 Å². The van der Waals surface area contributed by atoms with Crippen molar-refractivity contribution in [1.29, 1.82) is 0 Å². The number of amides is 3. The van der Waals surface area contributed by atoms with E-state index in [0.29, 0.717) is 5.75 Å². The Labute approximate surface area is 273 Å². The summed E-state index contributed by atoms with van der Waals surface area (Å²) in [6, 6.07) is 14.1. The highest BCUT2D eigenvalue weighted by Crippen LogP contribution is 2.42. The molecule has 2 aromatic carbocycles. The zero-order valence-electron chi connectivity index (χ0n) is 26.6. The third kappa shape index (κ3) is 7.09. The van der Waals surface area contributed by atoms with Crippen LogP contribution in [0.25, 0.3) is 11.6 Å². The predicted octanol–water partition coefficient (Wildman–Crippen LogP) is 5.78. The molecular formula is C33H33F3N6O6. The molecule has 1 aliphatic rings. The normalized spacial score (nSPS) is 16.6. The first-order chi connectivity index (χ1) is 22.6. The molecule has 5 rings (SSSR count). The van der Waals surface area contributed by atoms with Crippen LogP contribution in [0.15, 0.2) is 71.3 Å². The smallest absolute Gasteiger partial charge is 0.419 e. The molecule has 0 radical (unpaired) electrons. The lowest BCUT2D eigenvalue weighted by molar-refractivity contribution is -0.137. The highest BCUT2D eigenvalue weighted by atomic mass is 19.4. The summed E-state index contributed by atoms with van der Waals surface area (Å²) in [4.78, 5) is 46.7. The van der Waals surface area contributed by atoms with Gasteiger partial charge in [0.05, 0.1) is 24.0 Å². The fraction of sp³-hybridized carbons (Fsp3) is 0.333. The minimum Gasteiger partial charge on any atom is -0.497 e. The first kappa shape index (κ1) is 33.9. The monoisotopic (exact) mass is 666 g/mol. The summed E-state index contributed by atoms with van der Waals surface area (Å²) in [5.74, 6) is -0.926. The zero-order chi connectivity index (χ0) is 34.9. The number of anilines is 2. The second-order valence-electron chi connectivity index (χ2n) is 12.2. The van der Waals surface area contributed by atoms with Crippen molar-refractivity contribution in [3.63, 3.8) is 0 Å². The van der Waals surface area contributed by atoms with Crippen LogP contribution in [-0.4, -0.2) is 57.2 Å². The van der Waals surface area contributed by atoms with Crippen molar-refractivity contribution in [3.8, 4) is 17.3 Å². The van der Waals surface area contributed by atoms with Crippen molar-refractivity contribution in [3.05, 3.63) is 83.9 Å². The molecule has 1 unspecified atom stereocenters. The number of pyridine rings is 1. The summed E-state index contributed by atoms with van der Waals surface area (Å²) < 4.78 is 56.8. The Bertz CT molecular complexity index is 1800. The second kappa shape index (κ2) is 13.0. The van der Waals surface area contributed by atoms with Crippen LogP contribution >= 0.6 is 0 Å². The average Bonchev–Trinajstić information content (AvgIpc) is 3.63. The van der Waals surface area contributed by atoms with E-state index < -0.39 is 47.1 Å². The number of hydrogen-bond acceptors (Lipinski definition) is 9. The Morgan fingerprint density at radius 3 is 2.33 bits per heavy atom. The van der Waals surface area contributed by atoms with Gasteiger partial charge in [0.2, 0.25) is 17.7 Å². The number of rotatable bonds is 9. The summed E-state index contributed by atoms with van der Waals surface area (Å²) in [6.07, 6.45) is -4.38. The SMILES string of the molecule is COc1ccc(CN2CCC(CC(N)=O)(c3nnc(-c4ncccc4N(C(=O)OC(C)(C)C)c4ccc(C(F)(F)F)cc4)o3)C2=O)cc1. The molecule has 1 aliphatic heterocycles. The van der Waals surface area contributed by atoms with Crippen LogP contribution < -0.4 is 15.4 Å². The number of methoxy groups -OCH3 is 1. The number of carbonyl (C=O) groups excluding carboxylic acids is 3. The van der Waals surface area contributed by atoms with E-state index >= 15 is 0 Å². The fourth-order valence-electron chi connectivity index (χ4n) is 5.38. The van der Waals surface area contributed by atoms with Gasteiger partial charge in [-0.05, 0) is 81.3 Å². The molecule has 1 atom stereocenters. The molecule has 1 fully saturated rings. The molecule has 3 amide bonds. The topological polar surface area (TPSA) is 154 Å². The van der Waals surface area contributed by atoms with Gasteiger partial charge in [0.1, 0.15) is 16.8 Å². The van der Waals surface area contributed by atoms with Gasteiger partial charge in [0, 0.05) is 25.7 Å². The number of halogens is 3. The summed E-state index contributed by atoms with van der Waals surface area (Å²) >= 11 is 0. The average molecular weight is 667 g/mol. The van der Waals surface area contributed by atoms with Crippen LogP contribution in [-0.2, 0) is 32.5 Å². The molecule has 15 heteroatoms. The van der Waals surface area contributed by atoms with E-state index in [1.807, 2.05) is 12.1 Å². The van der Waals surface area contributed by atoms with E-state index in [9.17, 15) is 27.6 Å². The lowest BCUT2D eigenvalue weighted by Crippen LogP contribution is -2.41. The van der Waals surface area contributed by atoms with Gasteiger partial charge in [-0.2, -0.15) is 13.2 Å². The first-order valence-corrected chi connectivity index (χ1v) is 14.8. The molecule has 252 valence electrons. The standard InChI is InChI=1S/C33H33F3N6O6/c1-31(2,3)48-30(45)42(22-11-9-21(10-12-22)33(34,35)36)24-6-5-16-38-26(24)27-39-40-28(47-27)32(18-25(37)43)15-17-41(29(32)44)19-20-7-13-23(46-4)14-8-20/h5-14,16H,15,17-19H2,1-4H3,(H2,37,43).